The number of carbonyl (C=O) groups is 3. The molecular formula is C29H27NO4. The molecule has 0 heterocycles. The van der Waals surface area contributed by atoms with Crippen LogP contribution in [0.15, 0.2) is 121 Å². The number of carbonyl (C=O) groups excluding carboxylic acids is 3. The monoisotopic (exact) mass is 453 g/mol. The average Bonchev–Trinajstić information content (AvgIpc) is 2.90. The van der Waals surface area contributed by atoms with Gasteiger partial charge in [0.25, 0.3) is 0 Å². The Hall–Kier alpha value is -4.51. The van der Waals surface area contributed by atoms with Crippen molar-refractivity contribution < 1.29 is 19.1 Å². The minimum atomic E-state index is -0.711. The van der Waals surface area contributed by atoms with Gasteiger partial charge in [-0.05, 0) is 6.92 Å². The summed E-state index contributed by atoms with van der Waals surface area (Å²) in [4.78, 5) is 33.3. The van der Waals surface area contributed by atoms with Crippen LogP contribution in [0.3, 0.4) is 0 Å². The maximum Gasteiger partial charge on any atom is 0.404 e. The Balaban J connectivity index is 0.000000196. The standard InChI is InChI=1S/2C13H10O.C3H7NO2/c2*14-13(11-7-3-1-4-8-11)12-9-5-2-6-10-12;1-2-6-3(4)5/h2*1-10H;2H2,1H3,(H2,4,5). The van der Waals surface area contributed by atoms with Gasteiger partial charge in [-0.3, -0.25) is 9.59 Å². The van der Waals surface area contributed by atoms with Gasteiger partial charge in [-0.1, -0.05) is 121 Å². The van der Waals surface area contributed by atoms with Crippen molar-refractivity contribution in [2.24, 2.45) is 5.73 Å². The number of hydrogen-bond acceptors (Lipinski definition) is 4. The second-order valence-corrected chi connectivity index (χ2v) is 6.87. The molecule has 172 valence electrons. The third-order valence-electron chi connectivity index (χ3n) is 4.43. The zero-order valence-corrected chi connectivity index (χ0v) is 19.0. The van der Waals surface area contributed by atoms with Gasteiger partial charge in [0.15, 0.2) is 11.6 Å². The van der Waals surface area contributed by atoms with E-state index in [0.717, 1.165) is 22.3 Å². The van der Waals surface area contributed by atoms with Crippen molar-refractivity contribution in [2.45, 2.75) is 6.92 Å². The molecule has 4 aromatic rings. The molecule has 0 fully saturated rings. The summed E-state index contributed by atoms with van der Waals surface area (Å²) in [6, 6.07) is 37.2. The van der Waals surface area contributed by atoms with Crippen LogP contribution in [0.4, 0.5) is 4.79 Å². The molecule has 5 nitrogen and oxygen atoms in total. The summed E-state index contributed by atoms with van der Waals surface area (Å²) >= 11 is 0. The lowest BCUT2D eigenvalue weighted by Gasteiger charge is -1.99. The fourth-order valence-corrected chi connectivity index (χ4v) is 2.83. The number of primary amides is 1. The minimum Gasteiger partial charge on any atom is -0.450 e. The summed E-state index contributed by atoms with van der Waals surface area (Å²) in [5, 5.41) is 0. The molecule has 0 aromatic heterocycles. The van der Waals surface area contributed by atoms with Crippen LogP contribution in [0.25, 0.3) is 0 Å². The van der Waals surface area contributed by atoms with E-state index in [1.165, 1.54) is 0 Å². The van der Waals surface area contributed by atoms with E-state index in [1.807, 2.05) is 121 Å². The lowest BCUT2D eigenvalue weighted by Crippen LogP contribution is -2.11. The second kappa shape index (κ2) is 14.5. The number of rotatable bonds is 5. The molecule has 0 aliphatic rings. The van der Waals surface area contributed by atoms with Crippen LogP contribution < -0.4 is 5.73 Å². The fourth-order valence-electron chi connectivity index (χ4n) is 2.83. The zero-order chi connectivity index (χ0) is 24.6. The molecule has 0 spiro atoms. The highest BCUT2D eigenvalue weighted by Crippen LogP contribution is 2.09. The Morgan fingerprint density at radius 1 is 0.529 bits per heavy atom. The van der Waals surface area contributed by atoms with E-state index >= 15 is 0 Å². The lowest BCUT2D eigenvalue weighted by atomic mass is 10.0. The Bertz CT molecular complexity index is 976. The van der Waals surface area contributed by atoms with Gasteiger partial charge >= 0.3 is 6.09 Å². The number of ketones is 2. The molecule has 2 N–H and O–H groups in total. The van der Waals surface area contributed by atoms with Crippen LogP contribution in [0.2, 0.25) is 0 Å². The Morgan fingerprint density at radius 2 is 0.765 bits per heavy atom. The molecule has 34 heavy (non-hydrogen) atoms. The summed E-state index contributed by atoms with van der Waals surface area (Å²) in [6.07, 6.45) is -0.711. The first-order valence-corrected chi connectivity index (χ1v) is 10.7. The summed E-state index contributed by atoms with van der Waals surface area (Å²) < 4.78 is 4.18. The van der Waals surface area contributed by atoms with Crippen LogP contribution >= 0.6 is 0 Å². The highest BCUT2D eigenvalue weighted by molar-refractivity contribution is 6.09. The van der Waals surface area contributed by atoms with Crippen LogP contribution in [0.5, 0.6) is 0 Å². The Morgan fingerprint density at radius 3 is 0.912 bits per heavy atom. The molecule has 0 saturated heterocycles. The molecule has 0 atom stereocenters. The number of ether oxygens (including phenoxy) is 1. The van der Waals surface area contributed by atoms with Crippen molar-refractivity contribution in [1.82, 2.24) is 0 Å². The topological polar surface area (TPSA) is 86.5 Å². The van der Waals surface area contributed by atoms with Crippen molar-refractivity contribution >= 4 is 17.7 Å². The number of benzene rings is 4. The fraction of sp³-hybridized carbons (Fsp3) is 0.0690. The molecular weight excluding hydrogens is 426 g/mol. The van der Waals surface area contributed by atoms with Gasteiger partial charge in [0.2, 0.25) is 0 Å². The molecule has 4 aromatic carbocycles. The van der Waals surface area contributed by atoms with E-state index in [2.05, 4.69) is 10.5 Å². The van der Waals surface area contributed by atoms with Gasteiger partial charge < -0.3 is 10.5 Å². The van der Waals surface area contributed by atoms with Crippen molar-refractivity contribution in [3.05, 3.63) is 144 Å². The lowest BCUT2D eigenvalue weighted by molar-refractivity contribution is 0.103. The van der Waals surface area contributed by atoms with Gasteiger partial charge in [-0.2, -0.15) is 0 Å². The van der Waals surface area contributed by atoms with Crippen LogP contribution in [-0.2, 0) is 4.74 Å². The molecule has 0 aliphatic heterocycles. The maximum atomic E-state index is 11.8. The SMILES string of the molecule is CCOC(N)=O.O=C(c1ccccc1)c1ccccc1.O=C(c1ccccc1)c1ccccc1. The van der Waals surface area contributed by atoms with Crippen molar-refractivity contribution in [3.8, 4) is 0 Å². The second-order valence-electron chi connectivity index (χ2n) is 6.87. The first kappa shape index (κ1) is 25.7. The first-order chi connectivity index (χ1) is 16.5. The van der Waals surface area contributed by atoms with Crippen molar-refractivity contribution in [1.29, 1.82) is 0 Å². The molecule has 0 unspecified atom stereocenters. The quantitative estimate of drug-likeness (QED) is 0.379. The van der Waals surface area contributed by atoms with Crippen molar-refractivity contribution in [3.63, 3.8) is 0 Å². The van der Waals surface area contributed by atoms with Gasteiger partial charge in [-0.25, -0.2) is 4.79 Å². The van der Waals surface area contributed by atoms with Crippen LogP contribution in [-0.4, -0.2) is 24.3 Å². The smallest absolute Gasteiger partial charge is 0.404 e. The third-order valence-corrected chi connectivity index (χ3v) is 4.43. The molecule has 0 radical (unpaired) electrons. The van der Waals surface area contributed by atoms with E-state index in [0.29, 0.717) is 6.61 Å². The van der Waals surface area contributed by atoms with Crippen LogP contribution in [0, 0.1) is 0 Å². The molecule has 5 heteroatoms. The van der Waals surface area contributed by atoms with Gasteiger partial charge in [0.1, 0.15) is 0 Å². The largest absolute Gasteiger partial charge is 0.450 e. The third kappa shape index (κ3) is 8.93. The van der Waals surface area contributed by atoms with Crippen molar-refractivity contribution in [2.75, 3.05) is 6.61 Å². The molecule has 0 aliphatic carbocycles. The molecule has 0 saturated carbocycles. The van der Waals surface area contributed by atoms with E-state index in [9.17, 15) is 14.4 Å². The van der Waals surface area contributed by atoms with E-state index in [-0.39, 0.29) is 11.6 Å². The van der Waals surface area contributed by atoms with E-state index in [4.69, 9.17) is 0 Å². The molecule has 1 amide bonds. The summed E-state index contributed by atoms with van der Waals surface area (Å²) in [6.45, 7) is 2.06. The predicted octanol–water partition coefficient (Wildman–Crippen LogP) is 5.94. The van der Waals surface area contributed by atoms with Gasteiger partial charge in [0, 0.05) is 22.3 Å². The molecule has 4 rings (SSSR count). The number of amides is 1. The summed E-state index contributed by atoms with van der Waals surface area (Å²) in [5.74, 6) is 0.150. The van der Waals surface area contributed by atoms with E-state index in [1.54, 1.807) is 6.92 Å². The zero-order valence-electron chi connectivity index (χ0n) is 19.0. The summed E-state index contributed by atoms with van der Waals surface area (Å²) in [7, 11) is 0. The average molecular weight is 454 g/mol. The van der Waals surface area contributed by atoms with Gasteiger partial charge in [-0.15, -0.1) is 0 Å². The van der Waals surface area contributed by atoms with Gasteiger partial charge in [0.05, 0.1) is 6.61 Å². The maximum absolute atomic E-state index is 11.8. The number of nitrogens with two attached hydrogens (primary N) is 1. The predicted molar refractivity (Wildman–Crippen MR) is 134 cm³/mol. The number of hydrogen-bond donors (Lipinski definition) is 1. The Labute approximate surface area is 199 Å². The van der Waals surface area contributed by atoms with Crippen LogP contribution in [0.1, 0.15) is 38.8 Å². The molecule has 0 bridgehead atoms. The highest BCUT2D eigenvalue weighted by atomic mass is 16.5. The normalized spacial score (nSPS) is 9.32. The summed E-state index contributed by atoms with van der Waals surface area (Å²) in [5.41, 5.74) is 7.48. The van der Waals surface area contributed by atoms with E-state index < -0.39 is 6.09 Å². The Kier molecular flexibility index (Phi) is 11.0. The minimum absolute atomic E-state index is 0.0752. The first-order valence-electron chi connectivity index (χ1n) is 10.7. The highest BCUT2D eigenvalue weighted by Gasteiger charge is 2.07.